The molecule has 136 valence electrons. The molecule has 0 fully saturated rings. The Kier molecular flexibility index (Phi) is 6.67. The van der Waals surface area contributed by atoms with Crippen LogP contribution in [0.3, 0.4) is 0 Å². The normalized spacial score (nSPS) is 10.0. The summed E-state index contributed by atoms with van der Waals surface area (Å²) in [4.78, 5) is 35.5. The van der Waals surface area contributed by atoms with Crippen LogP contribution in [-0.2, 0) is 14.3 Å². The lowest BCUT2D eigenvalue weighted by atomic mass is 10.3. The van der Waals surface area contributed by atoms with Gasteiger partial charge in [-0.3, -0.25) is 14.9 Å². The summed E-state index contributed by atoms with van der Waals surface area (Å²) in [5, 5.41) is 10.6. The van der Waals surface area contributed by atoms with Gasteiger partial charge >= 0.3 is 5.97 Å². The summed E-state index contributed by atoms with van der Waals surface area (Å²) in [6, 6.07) is 14.4. The number of carbonyl (C=O) groups excluding carboxylic acids is 2. The minimum Gasteiger partial charge on any atom is -0.482 e. The molecule has 0 unspecified atom stereocenters. The van der Waals surface area contributed by atoms with Crippen LogP contribution < -0.4 is 9.64 Å². The fourth-order valence-electron chi connectivity index (χ4n) is 2.18. The van der Waals surface area contributed by atoms with Crippen molar-refractivity contribution in [3.8, 4) is 5.75 Å². The number of nitro benzene ring substituents is 1. The Bertz CT molecular complexity index is 761. The molecule has 1 amide bonds. The molecule has 0 N–H and O–H groups in total. The number of hydrogen-bond donors (Lipinski definition) is 0. The Hall–Kier alpha value is -3.42. The van der Waals surface area contributed by atoms with Crippen molar-refractivity contribution >= 4 is 23.3 Å². The van der Waals surface area contributed by atoms with E-state index >= 15 is 0 Å². The number of amides is 1. The molecule has 8 heteroatoms. The van der Waals surface area contributed by atoms with Crippen molar-refractivity contribution in [2.24, 2.45) is 0 Å². The van der Waals surface area contributed by atoms with Crippen molar-refractivity contribution < 1.29 is 24.0 Å². The molecule has 0 saturated carbocycles. The number of rotatable bonds is 8. The first-order valence-corrected chi connectivity index (χ1v) is 7.89. The van der Waals surface area contributed by atoms with Crippen LogP contribution in [-0.4, -0.2) is 36.6 Å². The fraction of sp³-hybridized carbons (Fsp3) is 0.222. The number of non-ortho nitro benzene ring substituents is 1. The van der Waals surface area contributed by atoms with E-state index in [4.69, 9.17) is 9.47 Å². The number of para-hydroxylation sites is 1. The second kappa shape index (κ2) is 9.16. The van der Waals surface area contributed by atoms with Gasteiger partial charge in [-0.15, -0.1) is 0 Å². The maximum atomic E-state index is 12.2. The standard InChI is InChI=1S/C18H18N2O6/c1-2-19(14-6-4-3-5-7-14)17(21)12-26-18(22)13-25-16-10-8-15(9-11-16)20(23)24/h3-11H,2,12-13H2,1H3. The first kappa shape index (κ1) is 18.9. The van der Waals surface area contributed by atoms with E-state index in [0.717, 1.165) is 5.69 Å². The molecule has 0 aromatic heterocycles. The number of benzene rings is 2. The third kappa shape index (κ3) is 5.30. The molecular formula is C18H18N2O6. The summed E-state index contributed by atoms with van der Waals surface area (Å²) in [5.41, 5.74) is 0.643. The Morgan fingerprint density at radius 1 is 1.04 bits per heavy atom. The van der Waals surface area contributed by atoms with Crippen LogP contribution in [0.25, 0.3) is 0 Å². The molecular weight excluding hydrogens is 340 g/mol. The molecule has 8 nitrogen and oxygen atoms in total. The first-order valence-electron chi connectivity index (χ1n) is 7.89. The molecule has 26 heavy (non-hydrogen) atoms. The van der Waals surface area contributed by atoms with E-state index in [0.29, 0.717) is 12.3 Å². The summed E-state index contributed by atoms with van der Waals surface area (Å²) in [5.74, 6) is -0.762. The highest BCUT2D eigenvalue weighted by Crippen LogP contribution is 2.17. The number of hydrogen-bond acceptors (Lipinski definition) is 6. The van der Waals surface area contributed by atoms with E-state index in [1.54, 1.807) is 12.1 Å². The Labute approximate surface area is 150 Å². The van der Waals surface area contributed by atoms with Gasteiger partial charge < -0.3 is 14.4 Å². The van der Waals surface area contributed by atoms with Crippen molar-refractivity contribution in [1.29, 1.82) is 0 Å². The van der Waals surface area contributed by atoms with Gasteiger partial charge in [-0.25, -0.2) is 4.79 Å². The highest BCUT2D eigenvalue weighted by Gasteiger charge is 2.16. The van der Waals surface area contributed by atoms with Crippen molar-refractivity contribution in [3.63, 3.8) is 0 Å². The zero-order chi connectivity index (χ0) is 18.9. The highest BCUT2D eigenvalue weighted by molar-refractivity contribution is 5.95. The van der Waals surface area contributed by atoms with Crippen LogP contribution in [0.4, 0.5) is 11.4 Å². The third-order valence-electron chi connectivity index (χ3n) is 3.45. The summed E-state index contributed by atoms with van der Waals surface area (Å²) >= 11 is 0. The molecule has 0 aliphatic heterocycles. The van der Waals surface area contributed by atoms with Gasteiger partial charge in [-0.05, 0) is 31.2 Å². The van der Waals surface area contributed by atoms with E-state index in [1.807, 2.05) is 25.1 Å². The topological polar surface area (TPSA) is 99.0 Å². The van der Waals surface area contributed by atoms with Gasteiger partial charge in [0.15, 0.2) is 13.2 Å². The smallest absolute Gasteiger partial charge is 0.344 e. The van der Waals surface area contributed by atoms with E-state index in [1.165, 1.54) is 29.2 Å². The number of carbonyl (C=O) groups is 2. The zero-order valence-corrected chi connectivity index (χ0v) is 14.2. The average molecular weight is 358 g/mol. The number of esters is 1. The second-order valence-corrected chi connectivity index (χ2v) is 5.17. The number of nitro groups is 1. The number of likely N-dealkylation sites (N-methyl/N-ethyl adjacent to an activating group) is 1. The summed E-state index contributed by atoms with van der Waals surface area (Å²) < 4.78 is 10.1. The average Bonchev–Trinajstić information content (AvgIpc) is 2.66. The van der Waals surface area contributed by atoms with E-state index in [2.05, 4.69) is 0 Å². The van der Waals surface area contributed by atoms with Crippen LogP contribution in [0, 0.1) is 10.1 Å². The van der Waals surface area contributed by atoms with Crippen LogP contribution in [0.15, 0.2) is 54.6 Å². The van der Waals surface area contributed by atoms with Gasteiger partial charge in [-0.1, -0.05) is 18.2 Å². The first-order chi connectivity index (χ1) is 12.5. The van der Waals surface area contributed by atoms with Crippen molar-refractivity contribution in [1.82, 2.24) is 0 Å². The van der Waals surface area contributed by atoms with Crippen LogP contribution in [0.1, 0.15) is 6.92 Å². The molecule has 0 bridgehead atoms. The lowest BCUT2D eigenvalue weighted by molar-refractivity contribution is -0.384. The zero-order valence-electron chi connectivity index (χ0n) is 14.2. The molecule has 0 saturated heterocycles. The van der Waals surface area contributed by atoms with Gasteiger partial charge in [0, 0.05) is 24.4 Å². The fourth-order valence-corrected chi connectivity index (χ4v) is 2.18. The summed E-state index contributed by atoms with van der Waals surface area (Å²) in [7, 11) is 0. The molecule has 0 atom stereocenters. The van der Waals surface area contributed by atoms with Crippen LogP contribution in [0.5, 0.6) is 5.75 Å². The summed E-state index contributed by atoms with van der Waals surface area (Å²) in [6.45, 7) is 1.47. The lowest BCUT2D eigenvalue weighted by Crippen LogP contribution is -2.35. The molecule has 2 rings (SSSR count). The predicted molar refractivity (Wildman–Crippen MR) is 94.0 cm³/mol. The molecule has 0 aliphatic rings. The Morgan fingerprint density at radius 2 is 1.69 bits per heavy atom. The van der Waals surface area contributed by atoms with E-state index in [9.17, 15) is 19.7 Å². The van der Waals surface area contributed by atoms with Crippen LogP contribution >= 0.6 is 0 Å². The Balaban J connectivity index is 1.80. The SMILES string of the molecule is CCN(C(=O)COC(=O)COc1ccc([N+](=O)[O-])cc1)c1ccccc1. The number of nitrogens with zero attached hydrogens (tertiary/aromatic N) is 2. The van der Waals surface area contributed by atoms with E-state index < -0.39 is 24.1 Å². The number of anilines is 1. The molecule has 0 heterocycles. The largest absolute Gasteiger partial charge is 0.482 e. The van der Waals surface area contributed by atoms with E-state index in [-0.39, 0.29) is 11.6 Å². The number of ether oxygens (including phenoxy) is 2. The highest BCUT2D eigenvalue weighted by atomic mass is 16.6. The third-order valence-corrected chi connectivity index (χ3v) is 3.45. The van der Waals surface area contributed by atoms with Gasteiger partial charge in [0.05, 0.1) is 4.92 Å². The monoisotopic (exact) mass is 358 g/mol. The maximum absolute atomic E-state index is 12.2. The van der Waals surface area contributed by atoms with Crippen LogP contribution in [0.2, 0.25) is 0 Å². The minimum absolute atomic E-state index is 0.0777. The molecule has 2 aromatic rings. The van der Waals surface area contributed by atoms with Gasteiger partial charge in [0.2, 0.25) is 0 Å². The molecule has 0 spiro atoms. The second-order valence-electron chi connectivity index (χ2n) is 5.17. The Morgan fingerprint density at radius 3 is 2.27 bits per heavy atom. The predicted octanol–water partition coefficient (Wildman–Crippen LogP) is 2.57. The molecule has 0 radical (unpaired) electrons. The van der Waals surface area contributed by atoms with Gasteiger partial charge in [0.1, 0.15) is 5.75 Å². The van der Waals surface area contributed by atoms with Gasteiger partial charge in [-0.2, -0.15) is 0 Å². The van der Waals surface area contributed by atoms with Gasteiger partial charge in [0.25, 0.3) is 11.6 Å². The lowest BCUT2D eigenvalue weighted by Gasteiger charge is -2.20. The van der Waals surface area contributed by atoms with Crippen molar-refractivity contribution in [2.75, 3.05) is 24.7 Å². The molecule has 0 aliphatic carbocycles. The molecule has 2 aromatic carbocycles. The summed E-state index contributed by atoms with van der Waals surface area (Å²) in [6.07, 6.45) is 0. The quantitative estimate of drug-likeness (QED) is 0.408. The maximum Gasteiger partial charge on any atom is 0.344 e. The van der Waals surface area contributed by atoms with Crippen molar-refractivity contribution in [2.45, 2.75) is 6.92 Å². The minimum atomic E-state index is -0.708. The van der Waals surface area contributed by atoms with Crippen molar-refractivity contribution in [3.05, 3.63) is 64.7 Å².